The Kier molecular flexibility index (Phi) is 4.83. The summed E-state index contributed by atoms with van der Waals surface area (Å²) in [6, 6.07) is 5.37. The monoisotopic (exact) mass is 270 g/mol. The summed E-state index contributed by atoms with van der Waals surface area (Å²) < 4.78 is 5.66. The van der Waals surface area contributed by atoms with E-state index in [1.165, 1.54) is 0 Å². The van der Waals surface area contributed by atoms with Crippen LogP contribution < -0.4 is 5.32 Å². The number of halogens is 1. The lowest BCUT2D eigenvalue weighted by atomic mass is 10.2. The maximum Gasteiger partial charge on any atom is 0.134 e. The highest BCUT2D eigenvalue weighted by atomic mass is 35.5. The number of benzene rings is 1. The second-order valence-corrected chi connectivity index (χ2v) is 4.98. The molecular formula is C13H19ClN2O2. The fourth-order valence-electron chi connectivity index (χ4n) is 2.18. The highest BCUT2D eigenvalue weighted by Gasteiger charge is 2.19. The van der Waals surface area contributed by atoms with Gasteiger partial charge in [-0.2, -0.15) is 0 Å². The zero-order valence-electron chi connectivity index (χ0n) is 10.5. The standard InChI is InChI=1S/C13H19ClN2O2/c1-15-7-11-9-16(4-5-18-11)8-10-2-3-13(17)12(14)6-10/h2-3,6,11,15,17H,4-5,7-9H2,1H3. The Morgan fingerprint density at radius 1 is 1.56 bits per heavy atom. The van der Waals surface area contributed by atoms with Crippen LogP contribution in [0.15, 0.2) is 18.2 Å². The smallest absolute Gasteiger partial charge is 0.134 e. The first-order valence-corrected chi connectivity index (χ1v) is 6.53. The third-order valence-corrected chi connectivity index (χ3v) is 3.38. The van der Waals surface area contributed by atoms with Gasteiger partial charge in [-0.05, 0) is 24.7 Å². The number of phenolic OH excluding ortho intramolecular Hbond substituents is 1. The number of ether oxygens (including phenoxy) is 1. The number of hydrogen-bond acceptors (Lipinski definition) is 4. The quantitative estimate of drug-likeness (QED) is 0.870. The number of phenols is 1. The number of likely N-dealkylation sites (N-methyl/N-ethyl adjacent to an activating group) is 1. The van der Waals surface area contributed by atoms with Gasteiger partial charge in [0.1, 0.15) is 5.75 Å². The van der Waals surface area contributed by atoms with E-state index in [1.54, 1.807) is 6.07 Å². The molecular weight excluding hydrogens is 252 g/mol. The lowest BCUT2D eigenvalue weighted by molar-refractivity contribution is -0.0291. The van der Waals surface area contributed by atoms with E-state index in [4.69, 9.17) is 16.3 Å². The molecule has 0 spiro atoms. The first kappa shape index (κ1) is 13.6. The molecule has 0 aliphatic carbocycles. The number of morpholine rings is 1. The summed E-state index contributed by atoms with van der Waals surface area (Å²) in [7, 11) is 1.93. The molecule has 1 heterocycles. The van der Waals surface area contributed by atoms with Crippen molar-refractivity contribution < 1.29 is 9.84 Å². The third-order valence-electron chi connectivity index (χ3n) is 3.07. The minimum Gasteiger partial charge on any atom is -0.506 e. The minimum atomic E-state index is 0.135. The fraction of sp³-hybridized carbons (Fsp3) is 0.538. The number of rotatable bonds is 4. The van der Waals surface area contributed by atoms with Gasteiger partial charge in [-0.15, -0.1) is 0 Å². The van der Waals surface area contributed by atoms with E-state index >= 15 is 0 Å². The topological polar surface area (TPSA) is 44.7 Å². The van der Waals surface area contributed by atoms with Crippen molar-refractivity contribution in [3.63, 3.8) is 0 Å². The van der Waals surface area contributed by atoms with E-state index < -0.39 is 0 Å². The van der Waals surface area contributed by atoms with E-state index in [0.717, 1.165) is 38.3 Å². The maximum absolute atomic E-state index is 9.39. The SMILES string of the molecule is CNCC1CN(Cc2ccc(O)c(Cl)c2)CCO1. The van der Waals surface area contributed by atoms with Crippen molar-refractivity contribution in [3.8, 4) is 5.75 Å². The van der Waals surface area contributed by atoms with Crippen LogP contribution in [0.5, 0.6) is 5.75 Å². The van der Waals surface area contributed by atoms with Crippen molar-refractivity contribution in [2.24, 2.45) is 0 Å². The molecule has 1 aliphatic rings. The Balaban J connectivity index is 1.93. The van der Waals surface area contributed by atoms with Crippen LogP contribution in [0.4, 0.5) is 0 Å². The molecule has 1 aromatic rings. The maximum atomic E-state index is 9.39. The minimum absolute atomic E-state index is 0.135. The second kappa shape index (κ2) is 6.38. The third kappa shape index (κ3) is 3.59. The van der Waals surface area contributed by atoms with Crippen LogP contribution in [0.2, 0.25) is 5.02 Å². The van der Waals surface area contributed by atoms with Crippen molar-refractivity contribution in [2.45, 2.75) is 12.6 Å². The number of nitrogens with zero attached hydrogens (tertiary/aromatic N) is 1. The fourth-order valence-corrected chi connectivity index (χ4v) is 2.39. The van der Waals surface area contributed by atoms with Gasteiger partial charge in [0.25, 0.3) is 0 Å². The Morgan fingerprint density at radius 2 is 2.39 bits per heavy atom. The molecule has 0 aromatic heterocycles. The van der Waals surface area contributed by atoms with Gasteiger partial charge in [-0.1, -0.05) is 17.7 Å². The molecule has 5 heteroatoms. The summed E-state index contributed by atoms with van der Waals surface area (Å²) in [6.07, 6.45) is 0.247. The van der Waals surface area contributed by atoms with Gasteiger partial charge in [-0.3, -0.25) is 4.90 Å². The number of aromatic hydroxyl groups is 1. The van der Waals surface area contributed by atoms with E-state index in [0.29, 0.717) is 5.02 Å². The first-order valence-electron chi connectivity index (χ1n) is 6.15. The average molecular weight is 271 g/mol. The van der Waals surface area contributed by atoms with Crippen molar-refractivity contribution in [3.05, 3.63) is 28.8 Å². The van der Waals surface area contributed by atoms with Gasteiger partial charge in [0.2, 0.25) is 0 Å². The van der Waals surface area contributed by atoms with Crippen LogP contribution in [0.1, 0.15) is 5.56 Å². The molecule has 2 N–H and O–H groups in total. The summed E-state index contributed by atoms with van der Waals surface area (Å²) >= 11 is 5.91. The summed E-state index contributed by atoms with van der Waals surface area (Å²) in [5.41, 5.74) is 1.11. The zero-order valence-corrected chi connectivity index (χ0v) is 11.3. The molecule has 1 unspecified atom stereocenters. The van der Waals surface area contributed by atoms with Gasteiger partial charge in [0, 0.05) is 26.2 Å². The molecule has 100 valence electrons. The van der Waals surface area contributed by atoms with E-state index in [1.807, 2.05) is 19.2 Å². The Bertz CT molecular complexity index is 399. The van der Waals surface area contributed by atoms with Crippen LogP contribution >= 0.6 is 11.6 Å². The van der Waals surface area contributed by atoms with Crippen molar-refractivity contribution in [1.82, 2.24) is 10.2 Å². The van der Waals surface area contributed by atoms with Crippen molar-refractivity contribution >= 4 is 11.6 Å². The summed E-state index contributed by atoms with van der Waals surface area (Å²) in [5, 5.41) is 12.9. The molecule has 1 fully saturated rings. The van der Waals surface area contributed by atoms with Crippen LogP contribution in [0.3, 0.4) is 0 Å². The van der Waals surface area contributed by atoms with Crippen LogP contribution in [-0.2, 0) is 11.3 Å². The van der Waals surface area contributed by atoms with Gasteiger partial charge in [0.05, 0.1) is 17.7 Å². The summed E-state index contributed by atoms with van der Waals surface area (Å²) in [6.45, 7) is 4.31. The highest BCUT2D eigenvalue weighted by molar-refractivity contribution is 6.32. The molecule has 1 atom stereocenters. The molecule has 18 heavy (non-hydrogen) atoms. The van der Waals surface area contributed by atoms with Gasteiger partial charge in [-0.25, -0.2) is 0 Å². The van der Waals surface area contributed by atoms with Gasteiger partial charge >= 0.3 is 0 Å². The first-order chi connectivity index (χ1) is 8.69. The van der Waals surface area contributed by atoms with Crippen molar-refractivity contribution in [1.29, 1.82) is 0 Å². The lowest BCUT2D eigenvalue weighted by Gasteiger charge is -2.32. The predicted molar refractivity (Wildman–Crippen MR) is 72.1 cm³/mol. The van der Waals surface area contributed by atoms with Crippen LogP contribution in [0, 0.1) is 0 Å². The van der Waals surface area contributed by atoms with E-state index in [2.05, 4.69) is 10.2 Å². The van der Waals surface area contributed by atoms with E-state index in [9.17, 15) is 5.11 Å². The van der Waals surface area contributed by atoms with Gasteiger partial charge in [0.15, 0.2) is 0 Å². The molecule has 0 bridgehead atoms. The molecule has 0 amide bonds. The Hall–Kier alpha value is -0.810. The molecule has 2 rings (SSSR count). The van der Waals surface area contributed by atoms with Crippen LogP contribution in [0.25, 0.3) is 0 Å². The lowest BCUT2D eigenvalue weighted by Crippen LogP contribution is -2.45. The molecule has 4 nitrogen and oxygen atoms in total. The van der Waals surface area contributed by atoms with Crippen molar-refractivity contribution in [2.75, 3.05) is 33.3 Å². The molecule has 0 radical (unpaired) electrons. The number of hydrogen-bond donors (Lipinski definition) is 2. The predicted octanol–water partition coefficient (Wildman–Crippen LogP) is 1.47. The highest BCUT2D eigenvalue weighted by Crippen LogP contribution is 2.24. The molecule has 1 aromatic carbocycles. The average Bonchev–Trinajstić information content (AvgIpc) is 2.35. The molecule has 0 saturated carbocycles. The van der Waals surface area contributed by atoms with Crippen LogP contribution in [-0.4, -0.2) is 49.4 Å². The van der Waals surface area contributed by atoms with Gasteiger partial charge < -0.3 is 15.2 Å². The zero-order chi connectivity index (χ0) is 13.0. The Labute approximate surface area is 113 Å². The molecule has 1 saturated heterocycles. The second-order valence-electron chi connectivity index (χ2n) is 4.57. The number of nitrogens with one attached hydrogen (secondary N) is 1. The summed E-state index contributed by atoms with van der Waals surface area (Å²) in [5.74, 6) is 0.135. The molecule has 1 aliphatic heterocycles. The summed E-state index contributed by atoms with van der Waals surface area (Å²) in [4.78, 5) is 2.34. The normalized spacial score (nSPS) is 21.1. The van der Waals surface area contributed by atoms with E-state index in [-0.39, 0.29) is 11.9 Å². The largest absolute Gasteiger partial charge is 0.506 e. The Morgan fingerprint density at radius 3 is 3.11 bits per heavy atom.